The molecule has 0 aliphatic rings. The molecule has 0 aliphatic heterocycles. The van der Waals surface area contributed by atoms with Gasteiger partial charge in [0.25, 0.3) is 0 Å². The highest BCUT2D eigenvalue weighted by atomic mass is 19.4. The van der Waals surface area contributed by atoms with Crippen LogP contribution in [0.5, 0.6) is 5.75 Å². The molecule has 7 nitrogen and oxygen atoms in total. The van der Waals surface area contributed by atoms with Crippen LogP contribution in [-0.2, 0) is 6.18 Å². The van der Waals surface area contributed by atoms with Crippen LogP contribution in [0.25, 0.3) is 0 Å². The largest absolute Gasteiger partial charge is 0.416 e. The highest BCUT2D eigenvalue weighted by Gasteiger charge is 2.30. The van der Waals surface area contributed by atoms with Crippen molar-refractivity contribution in [3.8, 4) is 5.75 Å². The second-order valence-electron chi connectivity index (χ2n) is 5.72. The summed E-state index contributed by atoms with van der Waals surface area (Å²) < 4.78 is 43.8. The van der Waals surface area contributed by atoms with Crippen molar-refractivity contribution in [1.29, 1.82) is 0 Å². The number of alkyl halides is 3. The number of nitrogens with one attached hydrogen (secondary N) is 1. The Morgan fingerprint density at radius 3 is 2.55 bits per heavy atom. The van der Waals surface area contributed by atoms with Gasteiger partial charge < -0.3 is 10.1 Å². The molecule has 3 rings (SSSR count). The van der Waals surface area contributed by atoms with Gasteiger partial charge in [-0.3, -0.25) is 10.1 Å². The molecule has 0 amide bonds. The Morgan fingerprint density at radius 2 is 1.83 bits per heavy atom. The molecule has 10 heteroatoms. The van der Waals surface area contributed by atoms with Crippen molar-refractivity contribution in [1.82, 2.24) is 4.98 Å². The van der Waals surface area contributed by atoms with Crippen LogP contribution in [0.1, 0.15) is 15.9 Å². The van der Waals surface area contributed by atoms with Crippen LogP contribution in [0.4, 0.5) is 30.4 Å². The van der Waals surface area contributed by atoms with Crippen molar-refractivity contribution in [2.45, 2.75) is 6.18 Å². The Morgan fingerprint density at radius 1 is 1.07 bits per heavy atom. The van der Waals surface area contributed by atoms with Crippen molar-refractivity contribution in [3.63, 3.8) is 0 Å². The van der Waals surface area contributed by atoms with E-state index in [2.05, 4.69) is 10.3 Å². The molecule has 0 saturated heterocycles. The molecule has 2 aromatic carbocycles. The van der Waals surface area contributed by atoms with E-state index in [0.717, 1.165) is 12.1 Å². The van der Waals surface area contributed by atoms with Crippen molar-refractivity contribution < 1.29 is 27.6 Å². The maximum Gasteiger partial charge on any atom is 0.416 e. The van der Waals surface area contributed by atoms with Crippen LogP contribution in [0, 0.1) is 10.1 Å². The summed E-state index contributed by atoms with van der Waals surface area (Å²) in [6, 6.07) is 12.4. The van der Waals surface area contributed by atoms with Gasteiger partial charge >= 0.3 is 17.8 Å². The van der Waals surface area contributed by atoms with Crippen molar-refractivity contribution in [2.75, 3.05) is 5.32 Å². The molecule has 0 unspecified atom stereocenters. The fourth-order valence-corrected chi connectivity index (χ4v) is 2.43. The molecule has 1 heterocycles. The van der Waals surface area contributed by atoms with E-state index in [0.29, 0.717) is 0 Å². The molecule has 0 bridgehead atoms. The van der Waals surface area contributed by atoms with Crippen LogP contribution in [0.15, 0.2) is 66.9 Å². The Hall–Kier alpha value is -3.95. The Labute approximate surface area is 161 Å². The van der Waals surface area contributed by atoms with Crippen LogP contribution in [0.2, 0.25) is 0 Å². The molecular weight excluding hydrogens is 391 g/mol. The second kappa shape index (κ2) is 7.97. The molecule has 0 aliphatic carbocycles. The van der Waals surface area contributed by atoms with Crippen LogP contribution < -0.4 is 10.1 Å². The standard InChI is InChI=1S/C19H12F3N3O4/c20-19(21,22)12-5-3-6-13(11-12)24-17-14(7-4-10-23-17)18(26)29-16-9-2-1-8-15(16)25(27)28/h1-11H,(H,23,24). The molecule has 0 atom stereocenters. The van der Waals surface area contributed by atoms with Gasteiger partial charge in [0.05, 0.1) is 10.5 Å². The van der Waals surface area contributed by atoms with Gasteiger partial charge in [0, 0.05) is 18.0 Å². The number of carbonyl (C=O) groups is 1. The highest BCUT2D eigenvalue weighted by molar-refractivity contribution is 5.97. The normalized spacial score (nSPS) is 11.0. The number of carbonyl (C=O) groups excluding carboxylic acids is 1. The number of aromatic nitrogens is 1. The first-order valence-electron chi connectivity index (χ1n) is 8.10. The number of para-hydroxylation sites is 2. The molecule has 3 aromatic rings. The summed E-state index contributed by atoms with van der Waals surface area (Å²) in [5.41, 5.74) is -1.33. The zero-order chi connectivity index (χ0) is 21.0. The minimum Gasteiger partial charge on any atom is -0.415 e. The van der Waals surface area contributed by atoms with Crippen LogP contribution in [0.3, 0.4) is 0 Å². The second-order valence-corrected chi connectivity index (χ2v) is 5.72. The average molecular weight is 403 g/mol. The Kier molecular flexibility index (Phi) is 5.44. The van der Waals surface area contributed by atoms with E-state index in [1.807, 2.05) is 0 Å². The van der Waals surface area contributed by atoms with E-state index >= 15 is 0 Å². The predicted octanol–water partition coefficient (Wildman–Crippen LogP) is 4.97. The number of nitro benzene ring substituents is 1. The maximum atomic E-state index is 12.9. The number of halogens is 3. The number of anilines is 2. The molecule has 0 radical (unpaired) electrons. The molecule has 29 heavy (non-hydrogen) atoms. The molecule has 1 N–H and O–H groups in total. The molecule has 1 aromatic heterocycles. The lowest BCUT2D eigenvalue weighted by Gasteiger charge is -2.12. The molecule has 0 spiro atoms. The Balaban J connectivity index is 1.88. The highest BCUT2D eigenvalue weighted by Crippen LogP contribution is 2.32. The molecule has 148 valence electrons. The molecule has 0 fully saturated rings. The summed E-state index contributed by atoms with van der Waals surface area (Å²) in [4.78, 5) is 26.8. The van der Waals surface area contributed by atoms with Gasteiger partial charge in [0.15, 0.2) is 0 Å². The lowest BCUT2D eigenvalue weighted by molar-refractivity contribution is -0.385. The summed E-state index contributed by atoms with van der Waals surface area (Å²) in [6.45, 7) is 0. The smallest absolute Gasteiger partial charge is 0.415 e. The molecular formula is C19H12F3N3O4. The van der Waals surface area contributed by atoms with Crippen molar-refractivity contribution >= 4 is 23.2 Å². The summed E-state index contributed by atoms with van der Waals surface area (Å²) in [5.74, 6) is -1.28. The first-order chi connectivity index (χ1) is 13.8. The van der Waals surface area contributed by atoms with Crippen LogP contribution in [-0.4, -0.2) is 15.9 Å². The summed E-state index contributed by atoms with van der Waals surface area (Å²) in [5, 5.41) is 13.7. The van der Waals surface area contributed by atoms with Crippen LogP contribution >= 0.6 is 0 Å². The SMILES string of the molecule is O=C(Oc1ccccc1[N+](=O)[O-])c1cccnc1Nc1cccc(C(F)(F)F)c1. The van der Waals surface area contributed by atoms with Crippen molar-refractivity contribution in [3.05, 3.63) is 88.1 Å². The number of pyridine rings is 1. The van der Waals surface area contributed by atoms with Gasteiger partial charge in [-0.2, -0.15) is 13.2 Å². The third kappa shape index (κ3) is 4.67. The fraction of sp³-hybridized carbons (Fsp3) is 0.0526. The van der Waals surface area contributed by atoms with Gasteiger partial charge in [-0.05, 0) is 36.4 Å². The lowest BCUT2D eigenvalue weighted by Crippen LogP contribution is -2.13. The number of rotatable bonds is 5. The number of esters is 1. The number of hydrogen-bond acceptors (Lipinski definition) is 6. The predicted molar refractivity (Wildman–Crippen MR) is 97.0 cm³/mol. The number of benzene rings is 2. The van der Waals surface area contributed by atoms with E-state index < -0.39 is 28.3 Å². The van der Waals surface area contributed by atoms with E-state index in [4.69, 9.17) is 4.74 Å². The minimum atomic E-state index is -4.53. The first-order valence-corrected chi connectivity index (χ1v) is 8.10. The average Bonchev–Trinajstić information content (AvgIpc) is 2.68. The quantitative estimate of drug-likeness (QED) is 0.280. The lowest BCUT2D eigenvalue weighted by atomic mass is 10.2. The number of nitro groups is 1. The maximum absolute atomic E-state index is 12.9. The number of hydrogen-bond donors (Lipinski definition) is 1. The number of ether oxygens (including phenoxy) is 1. The van der Waals surface area contributed by atoms with Gasteiger partial charge in [-0.25, -0.2) is 9.78 Å². The van der Waals surface area contributed by atoms with Gasteiger partial charge in [-0.1, -0.05) is 18.2 Å². The number of nitrogens with zero attached hydrogens (tertiary/aromatic N) is 2. The third-order valence-electron chi connectivity index (χ3n) is 3.74. The topological polar surface area (TPSA) is 94.4 Å². The van der Waals surface area contributed by atoms with Gasteiger partial charge in [0.1, 0.15) is 11.4 Å². The van der Waals surface area contributed by atoms with E-state index in [-0.39, 0.29) is 22.8 Å². The van der Waals surface area contributed by atoms with E-state index in [1.54, 1.807) is 0 Å². The summed E-state index contributed by atoms with van der Waals surface area (Å²) >= 11 is 0. The minimum absolute atomic E-state index is 0.0540. The summed E-state index contributed by atoms with van der Waals surface area (Å²) in [6.07, 6.45) is -3.20. The zero-order valence-corrected chi connectivity index (χ0v) is 14.5. The summed E-state index contributed by atoms with van der Waals surface area (Å²) in [7, 11) is 0. The molecule has 0 saturated carbocycles. The fourth-order valence-electron chi connectivity index (χ4n) is 2.43. The monoisotopic (exact) mass is 403 g/mol. The van der Waals surface area contributed by atoms with E-state index in [1.165, 1.54) is 54.7 Å². The van der Waals surface area contributed by atoms with Gasteiger partial charge in [-0.15, -0.1) is 0 Å². The zero-order valence-electron chi connectivity index (χ0n) is 14.5. The first kappa shape index (κ1) is 19.8. The third-order valence-corrected chi connectivity index (χ3v) is 3.74. The van der Waals surface area contributed by atoms with E-state index in [9.17, 15) is 28.1 Å². The van der Waals surface area contributed by atoms with Gasteiger partial charge in [0.2, 0.25) is 5.75 Å². The Bertz CT molecular complexity index is 1070. The van der Waals surface area contributed by atoms with Crippen molar-refractivity contribution in [2.24, 2.45) is 0 Å².